The van der Waals surface area contributed by atoms with Crippen molar-refractivity contribution in [1.82, 2.24) is 0 Å². The maximum absolute atomic E-state index is 9.51. The highest BCUT2D eigenvalue weighted by Gasteiger charge is 2.29. The molecule has 0 aliphatic heterocycles. The normalized spacial score (nSPS) is 23.5. The maximum Gasteiger partial charge on any atom is 0.0793 e. The third kappa shape index (κ3) is 3.15. The molecule has 0 saturated heterocycles. The van der Waals surface area contributed by atoms with Gasteiger partial charge in [0.25, 0.3) is 0 Å². The topological polar surface area (TPSA) is 23.8 Å². The highest BCUT2D eigenvalue weighted by atomic mass is 14.4. The van der Waals surface area contributed by atoms with Crippen molar-refractivity contribution in [3.8, 4) is 6.07 Å². The van der Waals surface area contributed by atoms with Gasteiger partial charge < -0.3 is 0 Å². The van der Waals surface area contributed by atoms with Gasteiger partial charge in [-0.05, 0) is 29.9 Å². The Kier molecular flexibility index (Phi) is 4.22. The summed E-state index contributed by atoms with van der Waals surface area (Å²) in [6.07, 6.45) is 9.35. The number of benzene rings is 1. The van der Waals surface area contributed by atoms with E-state index in [9.17, 15) is 5.26 Å². The molecule has 0 fully saturated rings. The van der Waals surface area contributed by atoms with Gasteiger partial charge >= 0.3 is 0 Å². The first-order valence-electron chi connectivity index (χ1n) is 7.05. The number of hydrogen-bond acceptors (Lipinski definition) is 1. The van der Waals surface area contributed by atoms with Crippen molar-refractivity contribution in [2.45, 2.75) is 33.1 Å². The van der Waals surface area contributed by atoms with E-state index in [1.807, 2.05) is 6.07 Å². The molecule has 0 saturated carbocycles. The monoisotopic (exact) mass is 251 g/mol. The second-order valence-electron chi connectivity index (χ2n) is 5.55. The smallest absolute Gasteiger partial charge is 0.0793 e. The third-order valence-electron chi connectivity index (χ3n) is 4.01. The van der Waals surface area contributed by atoms with E-state index in [1.165, 1.54) is 11.1 Å². The summed E-state index contributed by atoms with van der Waals surface area (Å²) in [6, 6.07) is 12.9. The van der Waals surface area contributed by atoms with Crippen LogP contribution in [0.5, 0.6) is 0 Å². The Bertz CT molecular complexity index is 518. The SMILES string of the molecule is CCC(C)CC1(C#N)C=CC(c2ccccc2)=CC1. The Hall–Kier alpha value is -1.81. The Morgan fingerprint density at radius 1 is 1.32 bits per heavy atom. The van der Waals surface area contributed by atoms with E-state index >= 15 is 0 Å². The fourth-order valence-electron chi connectivity index (χ4n) is 2.57. The van der Waals surface area contributed by atoms with Crippen LogP contribution < -0.4 is 0 Å². The van der Waals surface area contributed by atoms with E-state index < -0.39 is 0 Å². The summed E-state index contributed by atoms with van der Waals surface area (Å²) in [5, 5.41) is 9.51. The zero-order valence-electron chi connectivity index (χ0n) is 11.8. The van der Waals surface area contributed by atoms with E-state index in [4.69, 9.17) is 0 Å². The van der Waals surface area contributed by atoms with Crippen molar-refractivity contribution in [3.63, 3.8) is 0 Å². The quantitative estimate of drug-likeness (QED) is 0.740. The Morgan fingerprint density at radius 3 is 2.58 bits per heavy atom. The van der Waals surface area contributed by atoms with E-state index in [-0.39, 0.29) is 5.41 Å². The van der Waals surface area contributed by atoms with Gasteiger partial charge in [-0.25, -0.2) is 0 Å². The number of allylic oxidation sites excluding steroid dienone is 4. The summed E-state index contributed by atoms with van der Waals surface area (Å²) in [6.45, 7) is 4.41. The van der Waals surface area contributed by atoms with Gasteiger partial charge in [0.2, 0.25) is 0 Å². The van der Waals surface area contributed by atoms with Crippen LogP contribution in [-0.2, 0) is 0 Å². The lowest BCUT2D eigenvalue weighted by molar-refractivity contribution is 0.363. The predicted molar refractivity (Wildman–Crippen MR) is 80.3 cm³/mol. The summed E-state index contributed by atoms with van der Waals surface area (Å²) < 4.78 is 0. The molecule has 1 aliphatic carbocycles. The number of nitriles is 1. The van der Waals surface area contributed by atoms with Gasteiger partial charge in [0, 0.05) is 0 Å². The fraction of sp³-hybridized carbons (Fsp3) is 0.389. The second kappa shape index (κ2) is 5.89. The molecule has 2 unspecified atom stereocenters. The van der Waals surface area contributed by atoms with Gasteiger partial charge in [0.05, 0.1) is 11.5 Å². The maximum atomic E-state index is 9.51. The van der Waals surface area contributed by atoms with Crippen molar-refractivity contribution in [1.29, 1.82) is 5.26 Å². The molecule has 0 amide bonds. The van der Waals surface area contributed by atoms with Gasteiger partial charge in [0.15, 0.2) is 0 Å². The first-order chi connectivity index (χ1) is 9.19. The Morgan fingerprint density at radius 2 is 2.05 bits per heavy atom. The molecule has 0 N–H and O–H groups in total. The van der Waals surface area contributed by atoms with Crippen LogP contribution in [0.4, 0.5) is 0 Å². The lowest BCUT2D eigenvalue weighted by atomic mass is 9.74. The van der Waals surface area contributed by atoms with Gasteiger partial charge in [-0.15, -0.1) is 0 Å². The molecule has 19 heavy (non-hydrogen) atoms. The van der Waals surface area contributed by atoms with Crippen molar-refractivity contribution in [2.75, 3.05) is 0 Å². The summed E-state index contributed by atoms with van der Waals surface area (Å²) in [7, 11) is 0. The molecule has 1 aromatic rings. The minimum atomic E-state index is -0.298. The predicted octanol–water partition coefficient (Wildman–Crippen LogP) is 4.98. The van der Waals surface area contributed by atoms with Crippen molar-refractivity contribution < 1.29 is 0 Å². The van der Waals surface area contributed by atoms with Crippen LogP contribution in [-0.4, -0.2) is 0 Å². The van der Waals surface area contributed by atoms with E-state index in [0.717, 1.165) is 19.3 Å². The molecule has 0 spiro atoms. The van der Waals surface area contributed by atoms with Crippen LogP contribution in [0.25, 0.3) is 5.57 Å². The lowest BCUT2D eigenvalue weighted by Crippen LogP contribution is -2.20. The van der Waals surface area contributed by atoms with E-state index in [0.29, 0.717) is 5.92 Å². The summed E-state index contributed by atoms with van der Waals surface area (Å²) >= 11 is 0. The largest absolute Gasteiger partial charge is 0.197 e. The molecule has 0 aromatic heterocycles. The number of rotatable bonds is 4. The Balaban J connectivity index is 2.15. The molecule has 2 atom stereocenters. The molecule has 98 valence electrons. The molecule has 0 radical (unpaired) electrons. The van der Waals surface area contributed by atoms with Crippen LogP contribution in [0, 0.1) is 22.7 Å². The molecule has 1 aromatic carbocycles. The van der Waals surface area contributed by atoms with Gasteiger partial charge in [0.1, 0.15) is 0 Å². The van der Waals surface area contributed by atoms with Crippen LogP contribution in [0.3, 0.4) is 0 Å². The highest BCUT2D eigenvalue weighted by Crippen LogP contribution is 2.38. The van der Waals surface area contributed by atoms with Crippen molar-refractivity contribution >= 4 is 5.57 Å². The second-order valence-corrected chi connectivity index (χ2v) is 5.55. The number of hydrogen-bond donors (Lipinski definition) is 0. The zero-order valence-corrected chi connectivity index (χ0v) is 11.8. The summed E-state index contributed by atoms with van der Waals surface area (Å²) in [5.41, 5.74) is 2.16. The molecule has 1 nitrogen and oxygen atoms in total. The van der Waals surface area contributed by atoms with Crippen molar-refractivity contribution in [3.05, 3.63) is 54.1 Å². The molecule has 0 bridgehead atoms. The highest BCUT2D eigenvalue weighted by molar-refractivity contribution is 5.75. The minimum Gasteiger partial charge on any atom is -0.197 e. The molecule has 2 rings (SSSR count). The first-order valence-corrected chi connectivity index (χ1v) is 7.05. The van der Waals surface area contributed by atoms with Gasteiger partial charge in [-0.3, -0.25) is 0 Å². The van der Waals surface area contributed by atoms with Gasteiger partial charge in [-0.2, -0.15) is 5.26 Å². The zero-order chi connectivity index (χ0) is 13.7. The first kappa shape index (κ1) is 13.6. The standard InChI is InChI=1S/C18H21N/c1-3-15(2)13-18(14-19)11-9-17(10-12-18)16-7-5-4-6-8-16/h4-11,15H,3,12-13H2,1-2H3. The van der Waals surface area contributed by atoms with Crippen LogP contribution in [0.2, 0.25) is 0 Å². The van der Waals surface area contributed by atoms with Gasteiger partial charge in [-0.1, -0.05) is 68.8 Å². The summed E-state index contributed by atoms with van der Waals surface area (Å²) in [4.78, 5) is 0. The lowest BCUT2D eigenvalue weighted by Gasteiger charge is -2.27. The molecular weight excluding hydrogens is 230 g/mol. The molecule has 0 heterocycles. The Labute approximate surface area is 116 Å². The average molecular weight is 251 g/mol. The average Bonchev–Trinajstić information content (AvgIpc) is 2.48. The molecular formula is C18H21N. The third-order valence-corrected chi connectivity index (χ3v) is 4.01. The van der Waals surface area contributed by atoms with E-state index in [1.54, 1.807) is 0 Å². The van der Waals surface area contributed by atoms with Crippen LogP contribution in [0.15, 0.2) is 48.6 Å². The summed E-state index contributed by atoms with van der Waals surface area (Å²) in [5.74, 6) is 0.593. The minimum absolute atomic E-state index is 0.298. The van der Waals surface area contributed by atoms with Crippen LogP contribution in [0.1, 0.15) is 38.7 Å². The molecule has 1 aliphatic rings. The van der Waals surface area contributed by atoms with Crippen molar-refractivity contribution in [2.24, 2.45) is 11.3 Å². The molecule has 1 heteroatoms. The van der Waals surface area contributed by atoms with Crippen LogP contribution >= 0.6 is 0 Å². The van der Waals surface area contributed by atoms with E-state index in [2.05, 4.69) is 62.4 Å². The fourth-order valence-corrected chi connectivity index (χ4v) is 2.57. The number of nitrogens with zero attached hydrogens (tertiary/aromatic N) is 1.